The van der Waals surface area contributed by atoms with Crippen LogP contribution in [0.3, 0.4) is 0 Å². The first-order valence-electron chi connectivity index (χ1n) is 6.59. The van der Waals surface area contributed by atoms with Crippen molar-refractivity contribution in [3.05, 3.63) is 29.3 Å². The first kappa shape index (κ1) is 11.1. The normalized spacial score (nSPS) is 24.1. The number of fused-ring (bicyclic) bond motifs is 1. The second kappa shape index (κ2) is 4.67. The number of nitrogens with one attached hydrogen (secondary N) is 2. The van der Waals surface area contributed by atoms with E-state index in [1.807, 2.05) is 6.07 Å². The Bertz CT molecular complexity index is 401. The molecule has 0 bridgehead atoms. The molecule has 1 heterocycles. The van der Waals surface area contributed by atoms with Crippen molar-refractivity contribution in [2.75, 3.05) is 6.54 Å². The van der Waals surface area contributed by atoms with E-state index in [1.54, 1.807) is 6.07 Å². The molecule has 2 aliphatic rings. The van der Waals surface area contributed by atoms with Crippen LogP contribution < -0.4 is 10.6 Å². The maximum Gasteiger partial charge on any atom is 0.115 e. The summed E-state index contributed by atoms with van der Waals surface area (Å²) < 4.78 is 0. The highest BCUT2D eigenvalue weighted by atomic mass is 16.3. The molecule has 1 atom stereocenters. The zero-order valence-corrected chi connectivity index (χ0v) is 10.1. The van der Waals surface area contributed by atoms with Crippen LogP contribution in [0.1, 0.15) is 30.4 Å². The Balaban J connectivity index is 1.58. The molecular formula is C14H20N2O. The Morgan fingerprint density at radius 2 is 2.18 bits per heavy atom. The fourth-order valence-electron chi connectivity index (χ4n) is 2.63. The van der Waals surface area contributed by atoms with E-state index in [-0.39, 0.29) is 0 Å². The van der Waals surface area contributed by atoms with E-state index in [0.717, 1.165) is 25.6 Å². The number of benzene rings is 1. The number of phenols is 1. The van der Waals surface area contributed by atoms with Crippen LogP contribution in [-0.2, 0) is 13.0 Å². The fraction of sp³-hybridized carbons (Fsp3) is 0.571. The van der Waals surface area contributed by atoms with Gasteiger partial charge in [-0.3, -0.25) is 0 Å². The minimum Gasteiger partial charge on any atom is -0.508 e. The molecule has 0 radical (unpaired) electrons. The molecule has 3 nitrogen and oxygen atoms in total. The highest BCUT2D eigenvalue weighted by molar-refractivity contribution is 5.36. The second-order valence-corrected chi connectivity index (χ2v) is 5.27. The van der Waals surface area contributed by atoms with Crippen molar-refractivity contribution in [1.29, 1.82) is 0 Å². The molecule has 0 spiro atoms. The summed E-state index contributed by atoms with van der Waals surface area (Å²) in [5.74, 6) is 0.372. The van der Waals surface area contributed by atoms with Gasteiger partial charge in [-0.1, -0.05) is 12.5 Å². The summed E-state index contributed by atoms with van der Waals surface area (Å²) in [7, 11) is 0. The lowest BCUT2D eigenvalue weighted by atomic mass is 9.91. The van der Waals surface area contributed by atoms with Gasteiger partial charge in [-0.15, -0.1) is 0 Å². The number of rotatable bonds is 3. The Morgan fingerprint density at radius 3 is 2.94 bits per heavy atom. The summed E-state index contributed by atoms with van der Waals surface area (Å²) >= 11 is 0. The molecule has 1 aromatic carbocycles. The number of phenolic OH excluding ortho intramolecular Hbond substituents is 1. The van der Waals surface area contributed by atoms with Crippen LogP contribution in [0.2, 0.25) is 0 Å². The van der Waals surface area contributed by atoms with Crippen molar-refractivity contribution in [2.45, 2.75) is 44.3 Å². The Morgan fingerprint density at radius 1 is 1.29 bits per heavy atom. The summed E-state index contributed by atoms with van der Waals surface area (Å²) in [5, 5.41) is 16.6. The van der Waals surface area contributed by atoms with E-state index in [1.165, 1.54) is 30.4 Å². The van der Waals surface area contributed by atoms with E-state index in [9.17, 15) is 5.11 Å². The molecule has 1 unspecified atom stereocenters. The monoisotopic (exact) mass is 232 g/mol. The van der Waals surface area contributed by atoms with Crippen molar-refractivity contribution in [3.8, 4) is 5.75 Å². The minimum absolute atomic E-state index is 0.372. The van der Waals surface area contributed by atoms with Crippen molar-refractivity contribution in [1.82, 2.24) is 10.6 Å². The molecule has 1 aliphatic heterocycles. The second-order valence-electron chi connectivity index (χ2n) is 5.27. The van der Waals surface area contributed by atoms with Crippen molar-refractivity contribution >= 4 is 0 Å². The smallest absolute Gasteiger partial charge is 0.115 e. The van der Waals surface area contributed by atoms with Crippen molar-refractivity contribution < 1.29 is 5.11 Å². The standard InChI is InChI=1S/C14H20N2O/c17-14-5-4-10-6-13(15-8-11(10)7-14)9-16-12-2-1-3-12/h4-5,7,12-13,15-17H,1-3,6,8-9H2. The summed E-state index contributed by atoms with van der Waals surface area (Å²) in [5.41, 5.74) is 2.62. The SMILES string of the molecule is Oc1ccc2c(c1)CNC(CNC1CCC1)C2. The highest BCUT2D eigenvalue weighted by Crippen LogP contribution is 2.22. The third-order valence-corrected chi connectivity index (χ3v) is 4.00. The van der Waals surface area contributed by atoms with E-state index in [0.29, 0.717) is 11.8 Å². The van der Waals surface area contributed by atoms with Crippen LogP contribution in [0.15, 0.2) is 18.2 Å². The Labute approximate surface area is 102 Å². The molecule has 3 rings (SSSR count). The van der Waals surface area contributed by atoms with Gasteiger partial charge in [0.25, 0.3) is 0 Å². The molecule has 3 heteroatoms. The lowest BCUT2D eigenvalue weighted by Crippen LogP contribution is -2.47. The summed E-state index contributed by atoms with van der Waals surface area (Å²) in [6, 6.07) is 7.02. The average molecular weight is 232 g/mol. The van der Waals surface area contributed by atoms with E-state index in [4.69, 9.17) is 0 Å². The maximum absolute atomic E-state index is 9.43. The van der Waals surface area contributed by atoms with Gasteiger partial charge in [0.15, 0.2) is 0 Å². The molecule has 1 aliphatic carbocycles. The maximum atomic E-state index is 9.43. The topological polar surface area (TPSA) is 44.3 Å². The van der Waals surface area contributed by atoms with Gasteiger partial charge in [0.05, 0.1) is 0 Å². The molecule has 1 aromatic rings. The third-order valence-electron chi connectivity index (χ3n) is 4.00. The molecule has 17 heavy (non-hydrogen) atoms. The summed E-state index contributed by atoms with van der Waals surface area (Å²) in [6.07, 6.45) is 5.14. The van der Waals surface area contributed by atoms with Crippen LogP contribution in [0, 0.1) is 0 Å². The molecule has 0 saturated heterocycles. The zero-order valence-electron chi connectivity index (χ0n) is 10.1. The molecule has 1 saturated carbocycles. The third kappa shape index (κ3) is 2.45. The van der Waals surface area contributed by atoms with Gasteiger partial charge in [0.2, 0.25) is 0 Å². The van der Waals surface area contributed by atoms with Gasteiger partial charge < -0.3 is 15.7 Å². The fourth-order valence-corrected chi connectivity index (χ4v) is 2.63. The van der Waals surface area contributed by atoms with Crippen LogP contribution in [0.25, 0.3) is 0 Å². The van der Waals surface area contributed by atoms with E-state index in [2.05, 4.69) is 16.7 Å². The average Bonchev–Trinajstić information content (AvgIpc) is 2.27. The lowest BCUT2D eigenvalue weighted by molar-refractivity contribution is 0.316. The van der Waals surface area contributed by atoms with E-state index >= 15 is 0 Å². The predicted molar refractivity (Wildman–Crippen MR) is 68.1 cm³/mol. The van der Waals surface area contributed by atoms with Gasteiger partial charge in [-0.05, 0) is 42.5 Å². The molecule has 0 aromatic heterocycles. The summed E-state index contributed by atoms with van der Waals surface area (Å²) in [6.45, 7) is 1.94. The van der Waals surface area contributed by atoms with Gasteiger partial charge in [-0.2, -0.15) is 0 Å². The first-order chi connectivity index (χ1) is 8.31. The molecule has 3 N–H and O–H groups in total. The number of hydrogen-bond donors (Lipinski definition) is 3. The van der Waals surface area contributed by atoms with Crippen LogP contribution in [-0.4, -0.2) is 23.7 Å². The quantitative estimate of drug-likeness (QED) is 0.741. The molecule has 1 fully saturated rings. The van der Waals surface area contributed by atoms with Gasteiger partial charge >= 0.3 is 0 Å². The Hall–Kier alpha value is -1.06. The lowest BCUT2D eigenvalue weighted by Gasteiger charge is -2.31. The summed E-state index contributed by atoms with van der Waals surface area (Å²) in [4.78, 5) is 0. The molecule has 92 valence electrons. The predicted octanol–water partition coefficient (Wildman–Crippen LogP) is 1.55. The largest absolute Gasteiger partial charge is 0.508 e. The van der Waals surface area contributed by atoms with Gasteiger partial charge in [0, 0.05) is 25.2 Å². The van der Waals surface area contributed by atoms with Crippen molar-refractivity contribution in [2.24, 2.45) is 0 Å². The molecular weight excluding hydrogens is 212 g/mol. The van der Waals surface area contributed by atoms with E-state index < -0.39 is 0 Å². The minimum atomic E-state index is 0.372. The van der Waals surface area contributed by atoms with Gasteiger partial charge in [-0.25, -0.2) is 0 Å². The highest BCUT2D eigenvalue weighted by Gasteiger charge is 2.21. The van der Waals surface area contributed by atoms with Crippen molar-refractivity contribution in [3.63, 3.8) is 0 Å². The first-order valence-corrected chi connectivity index (χ1v) is 6.59. The van der Waals surface area contributed by atoms with Crippen LogP contribution >= 0.6 is 0 Å². The van der Waals surface area contributed by atoms with Crippen LogP contribution in [0.5, 0.6) is 5.75 Å². The number of aromatic hydroxyl groups is 1. The Kier molecular flexibility index (Phi) is 3.04. The number of hydrogen-bond acceptors (Lipinski definition) is 3. The zero-order chi connectivity index (χ0) is 11.7. The van der Waals surface area contributed by atoms with Gasteiger partial charge in [0.1, 0.15) is 5.75 Å². The van der Waals surface area contributed by atoms with Crippen LogP contribution in [0.4, 0.5) is 0 Å². The molecule has 0 amide bonds.